The number of aliphatic hydroxyl groups excluding tert-OH is 1. The van der Waals surface area contributed by atoms with Crippen LogP contribution in [0.15, 0.2) is 0 Å². The van der Waals surface area contributed by atoms with Gasteiger partial charge < -0.3 is 25.2 Å². The second-order valence-electron chi connectivity index (χ2n) is 4.55. The molecular formula is C10H18N2O5. The van der Waals surface area contributed by atoms with Crippen molar-refractivity contribution < 1.29 is 24.5 Å². The summed E-state index contributed by atoms with van der Waals surface area (Å²) in [6.07, 6.45) is 0. The number of aliphatic hydroxyl groups is 1. The van der Waals surface area contributed by atoms with Gasteiger partial charge in [-0.3, -0.25) is 0 Å². The first-order chi connectivity index (χ1) is 7.85. The molecule has 1 aliphatic rings. The smallest absolute Gasteiger partial charge is 0.328 e. The summed E-state index contributed by atoms with van der Waals surface area (Å²) in [7, 11) is 0. The van der Waals surface area contributed by atoms with Crippen molar-refractivity contribution in [3.63, 3.8) is 0 Å². The summed E-state index contributed by atoms with van der Waals surface area (Å²) in [6.45, 7) is 4.29. The van der Waals surface area contributed by atoms with E-state index in [4.69, 9.17) is 14.9 Å². The van der Waals surface area contributed by atoms with Gasteiger partial charge in [-0.25, -0.2) is 9.59 Å². The van der Waals surface area contributed by atoms with Gasteiger partial charge in [-0.1, -0.05) is 0 Å². The van der Waals surface area contributed by atoms with Gasteiger partial charge in [-0.2, -0.15) is 0 Å². The molecule has 17 heavy (non-hydrogen) atoms. The summed E-state index contributed by atoms with van der Waals surface area (Å²) in [4.78, 5) is 23.9. The molecule has 0 aliphatic carbocycles. The molecule has 0 radical (unpaired) electrons. The van der Waals surface area contributed by atoms with Crippen LogP contribution < -0.4 is 5.32 Å². The third-order valence-corrected chi connectivity index (χ3v) is 2.49. The van der Waals surface area contributed by atoms with Crippen LogP contribution in [0.2, 0.25) is 0 Å². The van der Waals surface area contributed by atoms with E-state index in [9.17, 15) is 9.59 Å². The molecule has 3 N–H and O–H groups in total. The number of nitrogens with zero attached hydrogens (tertiary/aromatic N) is 1. The van der Waals surface area contributed by atoms with Crippen molar-refractivity contribution >= 4 is 12.0 Å². The largest absolute Gasteiger partial charge is 0.480 e. The first-order valence-corrected chi connectivity index (χ1v) is 5.39. The molecule has 0 saturated carbocycles. The van der Waals surface area contributed by atoms with Crippen LogP contribution in [0.5, 0.6) is 0 Å². The molecule has 0 aromatic carbocycles. The quantitative estimate of drug-likeness (QED) is 0.608. The molecule has 1 heterocycles. The number of hydrogen-bond donors (Lipinski definition) is 3. The number of carbonyl (C=O) groups excluding carboxylic acids is 1. The zero-order valence-corrected chi connectivity index (χ0v) is 9.97. The number of morpholine rings is 1. The van der Waals surface area contributed by atoms with E-state index in [1.165, 1.54) is 4.90 Å². The lowest BCUT2D eigenvalue weighted by molar-refractivity contribution is -0.140. The molecule has 2 amide bonds. The number of carboxylic acids is 1. The molecule has 7 heteroatoms. The molecule has 1 rings (SSSR count). The minimum absolute atomic E-state index is 0.386. The Hall–Kier alpha value is -1.34. The summed E-state index contributed by atoms with van der Waals surface area (Å²) in [5.41, 5.74) is -0.437. The van der Waals surface area contributed by atoms with Gasteiger partial charge in [0, 0.05) is 6.54 Å². The van der Waals surface area contributed by atoms with Crippen molar-refractivity contribution in [3.8, 4) is 0 Å². The van der Waals surface area contributed by atoms with Crippen molar-refractivity contribution in [3.05, 3.63) is 0 Å². The molecule has 0 aromatic heterocycles. The van der Waals surface area contributed by atoms with Crippen LogP contribution in [0, 0.1) is 0 Å². The normalized spacial score (nSPS) is 20.8. The first-order valence-electron chi connectivity index (χ1n) is 5.39. The summed E-state index contributed by atoms with van der Waals surface area (Å²) in [5, 5.41) is 19.8. The maximum Gasteiger partial charge on any atom is 0.328 e. The van der Waals surface area contributed by atoms with Crippen LogP contribution in [-0.4, -0.2) is 65.1 Å². The van der Waals surface area contributed by atoms with Crippen LogP contribution in [0.3, 0.4) is 0 Å². The van der Waals surface area contributed by atoms with Crippen molar-refractivity contribution in [1.29, 1.82) is 0 Å². The van der Waals surface area contributed by atoms with E-state index < -0.39 is 30.3 Å². The lowest BCUT2D eigenvalue weighted by atomic mass is 10.1. The van der Waals surface area contributed by atoms with Crippen molar-refractivity contribution in [2.75, 3.05) is 26.3 Å². The average Bonchev–Trinajstić information content (AvgIpc) is 2.23. The van der Waals surface area contributed by atoms with Gasteiger partial charge in [0.1, 0.15) is 0 Å². The molecule has 1 saturated heterocycles. The van der Waals surface area contributed by atoms with Crippen LogP contribution in [0.1, 0.15) is 13.8 Å². The Morgan fingerprint density at radius 3 is 2.65 bits per heavy atom. The van der Waals surface area contributed by atoms with E-state index in [-0.39, 0.29) is 0 Å². The van der Waals surface area contributed by atoms with Gasteiger partial charge in [0.05, 0.1) is 25.4 Å². The van der Waals surface area contributed by atoms with Crippen molar-refractivity contribution in [2.24, 2.45) is 0 Å². The summed E-state index contributed by atoms with van der Waals surface area (Å²) in [5.74, 6) is -1.26. The van der Waals surface area contributed by atoms with E-state index in [1.807, 2.05) is 13.8 Å². The van der Waals surface area contributed by atoms with Crippen LogP contribution in [0.25, 0.3) is 0 Å². The molecule has 98 valence electrons. The van der Waals surface area contributed by atoms with Gasteiger partial charge in [-0.05, 0) is 13.8 Å². The van der Waals surface area contributed by atoms with E-state index in [0.29, 0.717) is 19.7 Å². The van der Waals surface area contributed by atoms with Gasteiger partial charge in [0.2, 0.25) is 0 Å². The highest BCUT2D eigenvalue weighted by Gasteiger charge is 2.31. The first kappa shape index (κ1) is 13.7. The standard InChI is InChI=1S/C10H18N2O5/c1-10(2)6-12(3-4-17-10)9(16)11-7(5-13)8(14)15/h7,13H,3-6H2,1-2H3,(H,11,16)(H,14,15)/t7-/m1/s1. The Balaban J connectivity index is 2.55. The number of aliphatic carboxylic acids is 1. The third-order valence-electron chi connectivity index (χ3n) is 2.49. The van der Waals surface area contributed by atoms with E-state index >= 15 is 0 Å². The van der Waals surface area contributed by atoms with Crippen molar-refractivity contribution in [1.82, 2.24) is 10.2 Å². The molecule has 7 nitrogen and oxygen atoms in total. The fraction of sp³-hybridized carbons (Fsp3) is 0.800. The summed E-state index contributed by atoms with van der Waals surface area (Å²) >= 11 is 0. The topological polar surface area (TPSA) is 99.1 Å². The number of urea groups is 1. The minimum atomic E-state index is -1.27. The van der Waals surface area contributed by atoms with Gasteiger partial charge in [0.25, 0.3) is 0 Å². The minimum Gasteiger partial charge on any atom is -0.480 e. The Bertz CT molecular complexity index is 305. The number of ether oxygens (including phenoxy) is 1. The highest BCUT2D eigenvalue weighted by atomic mass is 16.5. The van der Waals surface area contributed by atoms with Crippen LogP contribution >= 0.6 is 0 Å². The lowest BCUT2D eigenvalue weighted by Crippen LogP contribution is -2.56. The Morgan fingerprint density at radius 2 is 2.18 bits per heavy atom. The number of rotatable bonds is 3. The highest BCUT2D eigenvalue weighted by molar-refractivity contribution is 5.82. The second kappa shape index (κ2) is 5.33. The van der Waals surface area contributed by atoms with E-state index in [0.717, 1.165) is 0 Å². The molecule has 0 spiro atoms. The SMILES string of the molecule is CC1(C)CN(C(=O)N[C@H](CO)C(=O)O)CCO1. The summed E-state index contributed by atoms with van der Waals surface area (Å²) < 4.78 is 5.44. The number of nitrogens with one attached hydrogen (secondary N) is 1. The Morgan fingerprint density at radius 1 is 1.53 bits per heavy atom. The summed E-state index contributed by atoms with van der Waals surface area (Å²) in [6, 6.07) is -1.77. The number of amides is 2. The molecule has 1 fully saturated rings. The fourth-order valence-electron chi connectivity index (χ4n) is 1.62. The molecule has 1 aliphatic heterocycles. The van der Waals surface area contributed by atoms with E-state index in [2.05, 4.69) is 5.32 Å². The maximum atomic E-state index is 11.7. The monoisotopic (exact) mass is 246 g/mol. The molecule has 1 atom stereocenters. The maximum absolute atomic E-state index is 11.7. The van der Waals surface area contributed by atoms with Gasteiger partial charge in [-0.15, -0.1) is 0 Å². The third kappa shape index (κ3) is 3.86. The lowest BCUT2D eigenvalue weighted by Gasteiger charge is -2.38. The predicted molar refractivity (Wildman–Crippen MR) is 58.6 cm³/mol. The van der Waals surface area contributed by atoms with Gasteiger partial charge in [0.15, 0.2) is 6.04 Å². The Labute approximate surface area is 99.4 Å². The number of carboxylic acid groups (broad SMARTS) is 1. The molecule has 0 unspecified atom stereocenters. The second-order valence-corrected chi connectivity index (χ2v) is 4.55. The van der Waals surface area contributed by atoms with Crippen LogP contribution in [-0.2, 0) is 9.53 Å². The zero-order chi connectivity index (χ0) is 13.1. The molecule has 0 bridgehead atoms. The van der Waals surface area contributed by atoms with Gasteiger partial charge >= 0.3 is 12.0 Å². The molecule has 0 aromatic rings. The number of carbonyl (C=O) groups is 2. The molecular weight excluding hydrogens is 228 g/mol. The van der Waals surface area contributed by atoms with Crippen molar-refractivity contribution in [2.45, 2.75) is 25.5 Å². The highest BCUT2D eigenvalue weighted by Crippen LogP contribution is 2.16. The average molecular weight is 246 g/mol. The Kier molecular flexibility index (Phi) is 4.30. The zero-order valence-electron chi connectivity index (χ0n) is 9.97. The predicted octanol–water partition coefficient (Wildman–Crippen LogP) is -0.748. The van der Waals surface area contributed by atoms with Crippen LogP contribution in [0.4, 0.5) is 4.79 Å². The van der Waals surface area contributed by atoms with E-state index in [1.54, 1.807) is 0 Å². The number of hydrogen-bond acceptors (Lipinski definition) is 4. The fourth-order valence-corrected chi connectivity index (χ4v) is 1.62.